The van der Waals surface area contributed by atoms with Gasteiger partial charge in [-0.2, -0.15) is 9.78 Å². The zero-order chi connectivity index (χ0) is 24.9. The molecule has 10 nitrogen and oxygen atoms in total. The number of nitrogens with two attached hydrogens (primary N) is 1. The number of hydrogen-bond acceptors (Lipinski definition) is 9. The number of fused-ring (bicyclic) bond motifs is 1. The smallest absolute Gasteiger partial charge is 0.314 e. The molecule has 1 saturated heterocycles. The van der Waals surface area contributed by atoms with Crippen molar-refractivity contribution in [2.45, 2.75) is 26.3 Å². The molecular weight excluding hydrogens is 482 g/mol. The topological polar surface area (TPSA) is 120 Å². The van der Waals surface area contributed by atoms with Gasteiger partial charge in [0.2, 0.25) is 10.1 Å². The molecule has 0 unspecified atom stereocenters. The molecule has 12 heteroatoms. The van der Waals surface area contributed by atoms with Gasteiger partial charge in [-0.1, -0.05) is 59.4 Å². The summed E-state index contributed by atoms with van der Waals surface area (Å²) >= 11 is 2.87. The molecule has 4 heterocycles. The zero-order valence-electron chi connectivity index (χ0n) is 19.9. The second-order valence-corrected chi connectivity index (χ2v) is 10.4. The molecular formula is C23H25N9OS2. The van der Waals surface area contributed by atoms with Crippen LogP contribution in [0.5, 0.6) is 0 Å². The predicted molar refractivity (Wildman–Crippen MR) is 139 cm³/mol. The molecule has 0 atom stereocenters. The average molecular weight is 508 g/mol. The van der Waals surface area contributed by atoms with E-state index in [0.717, 1.165) is 39.2 Å². The van der Waals surface area contributed by atoms with Crippen molar-refractivity contribution in [1.82, 2.24) is 24.5 Å². The minimum atomic E-state index is -0.426. The van der Waals surface area contributed by atoms with Gasteiger partial charge in [0.1, 0.15) is 16.6 Å². The van der Waals surface area contributed by atoms with Crippen molar-refractivity contribution < 1.29 is 4.79 Å². The van der Waals surface area contributed by atoms with Gasteiger partial charge < -0.3 is 20.4 Å². The summed E-state index contributed by atoms with van der Waals surface area (Å²) in [5, 5.41) is 16.1. The van der Waals surface area contributed by atoms with Gasteiger partial charge in [0.05, 0.1) is 11.7 Å². The Morgan fingerprint density at radius 2 is 1.94 bits per heavy atom. The van der Waals surface area contributed by atoms with Crippen molar-refractivity contribution in [2.24, 2.45) is 5.73 Å². The fourth-order valence-electron chi connectivity index (χ4n) is 4.03. The maximum Gasteiger partial charge on any atom is 0.314 e. The van der Waals surface area contributed by atoms with Crippen LogP contribution in [0.2, 0.25) is 0 Å². The van der Waals surface area contributed by atoms with Gasteiger partial charge >= 0.3 is 6.03 Å². The van der Waals surface area contributed by atoms with Gasteiger partial charge in [-0.05, 0) is 13.3 Å². The van der Waals surface area contributed by atoms with Gasteiger partial charge in [-0.25, -0.2) is 14.8 Å². The lowest BCUT2D eigenvalue weighted by Crippen LogP contribution is -2.60. The van der Waals surface area contributed by atoms with Gasteiger partial charge in [0.15, 0.2) is 10.9 Å². The summed E-state index contributed by atoms with van der Waals surface area (Å²) in [5.74, 6) is 0.838. The highest BCUT2D eigenvalue weighted by atomic mass is 32.1. The van der Waals surface area contributed by atoms with Crippen molar-refractivity contribution in [3.05, 3.63) is 40.4 Å². The molecule has 2 amide bonds. The lowest BCUT2D eigenvalue weighted by atomic mass is 10.1. The lowest BCUT2D eigenvalue weighted by Gasteiger charge is -2.42. The van der Waals surface area contributed by atoms with Crippen molar-refractivity contribution in [3.63, 3.8) is 0 Å². The number of anilines is 3. The van der Waals surface area contributed by atoms with Crippen LogP contribution in [0.15, 0.2) is 24.3 Å². The summed E-state index contributed by atoms with van der Waals surface area (Å²) in [7, 11) is 3.65. The molecule has 5 rings (SSSR count). The lowest BCUT2D eigenvalue weighted by molar-refractivity contribution is 0.188. The third-order valence-electron chi connectivity index (χ3n) is 6.25. The van der Waals surface area contributed by atoms with E-state index in [2.05, 4.69) is 17.9 Å². The molecule has 180 valence electrons. The monoisotopic (exact) mass is 507 g/mol. The predicted octanol–water partition coefficient (Wildman–Crippen LogP) is 3.62. The summed E-state index contributed by atoms with van der Waals surface area (Å²) < 4.78 is 1.85. The number of amides is 2. The number of carbonyl (C=O) groups excluding carboxylic acids is 1. The average Bonchev–Trinajstić information content (AvgIpc) is 3.50. The molecule has 2 N–H and O–H groups in total. The van der Waals surface area contributed by atoms with E-state index in [9.17, 15) is 10.1 Å². The molecule has 1 aromatic carbocycles. The summed E-state index contributed by atoms with van der Waals surface area (Å²) in [4.78, 5) is 28.1. The van der Waals surface area contributed by atoms with Crippen molar-refractivity contribution in [1.29, 1.82) is 5.26 Å². The molecule has 35 heavy (non-hydrogen) atoms. The molecule has 0 aliphatic carbocycles. The Kier molecular flexibility index (Phi) is 5.82. The van der Waals surface area contributed by atoms with E-state index in [1.54, 1.807) is 11.9 Å². The normalized spacial score (nSPS) is 13.6. The Balaban J connectivity index is 1.47. The first kappa shape index (κ1) is 23.1. The number of aryl methyl sites for hydroxylation is 2. The first-order chi connectivity index (χ1) is 16.8. The van der Waals surface area contributed by atoms with Crippen LogP contribution in [0.1, 0.15) is 23.1 Å². The maximum atomic E-state index is 11.4. The van der Waals surface area contributed by atoms with E-state index >= 15 is 0 Å². The number of aromatic nitrogens is 4. The largest absolute Gasteiger partial charge is 0.351 e. The van der Waals surface area contributed by atoms with Crippen LogP contribution in [0.25, 0.3) is 16.2 Å². The number of hydrogen-bond donors (Lipinski definition) is 1. The molecule has 4 aromatic rings. The van der Waals surface area contributed by atoms with E-state index in [4.69, 9.17) is 20.8 Å². The number of urea groups is 1. The Bertz CT molecular complexity index is 1440. The number of primary amides is 1. The van der Waals surface area contributed by atoms with E-state index in [1.807, 2.05) is 47.7 Å². The summed E-state index contributed by atoms with van der Waals surface area (Å²) in [6.45, 7) is 5.45. The highest BCUT2D eigenvalue weighted by Crippen LogP contribution is 2.38. The molecule has 1 aliphatic heterocycles. The number of rotatable bonds is 6. The standard InChI is InChI=1S/C23H25N9OS2/c1-5-16-19(30(4)21-27-18(17(10-24)34-21)14-8-6-13(2)7-9-14)32-22(26-16)35-23(28-32)31-11-15(12-31)29(3)20(25)33/h6-9,15H,5,11-12H2,1-4H3,(H2,25,33). The van der Waals surface area contributed by atoms with Gasteiger partial charge in [0.25, 0.3) is 0 Å². The molecule has 0 spiro atoms. The third kappa shape index (κ3) is 3.96. The minimum Gasteiger partial charge on any atom is -0.351 e. The maximum absolute atomic E-state index is 11.4. The van der Waals surface area contributed by atoms with E-state index in [0.29, 0.717) is 28.8 Å². The van der Waals surface area contributed by atoms with Crippen LogP contribution in [0.4, 0.5) is 20.9 Å². The van der Waals surface area contributed by atoms with Gasteiger partial charge in [-0.3, -0.25) is 0 Å². The molecule has 3 aromatic heterocycles. The van der Waals surface area contributed by atoms with Crippen molar-refractivity contribution in [3.8, 4) is 17.3 Å². The van der Waals surface area contributed by atoms with Gasteiger partial charge in [-0.15, -0.1) is 5.10 Å². The van der Waals surface area contributed by atoms with Crippen LogP contribution in [0, 0.1) is 18.3 Å². The highest BCUT2D eigenvalue weighted by molar-refractivity contribution is 7.20. The number of likely N-dealkylation sites (N-methyl/N-ethyl adjacent to an activating group) is 1. The first-order valence-electron chi connectivity index (χ1n) is 11.2. The minimum absolute atomic E-state index is 0.0805. The number of nitriles is 1. The quantitative estimate of drug-likeness (QED) is 0.423. The number of benzene rings is 1. The highest BCUT2D eigenvalue weighted by Gasteiger charge is 2.34. The number of imidazole rings is 1. The first-order valence-corrected chi connectivity index (χ1v) is 12.8. The van der Waals surface area contributed by atoms with Crippen LogP contribution in [-0.4, -0.2) is 63.7 Å². The molecule has 0 radical (unpaired) electrons. The third-order valence-corrected chi connectivity index (χ3v) is 8.25. The zero-order valence-corrected chi connectivity index (χ0v) is 21.5. The second-order valence-electron chi connectivity index (χ2n) is 8.53. The van der Waals surface area contributed by atoms with Gasteiger partial charge in [0, 0.05) is 32.7 Å². The van der Waals surface area contributed by atoms with Crippen molar-refractivity contribution in [2.75, 3.05) is 37.0 Å². The Morgan fingerprint density at radius 1 is 1.23 bits per heavy atom. The van der Waals surface area contributed by atoms with Crippen molar-refractivity contribution >= 4 is 49.7 Å². The molecule has 1 aliphatic rings. The fourth-order valence-corrected chi connectivity index (χ4v) is 5.81. The fraction of sp³-hybridized carbons (Fsp3) is 0.348. The van der Waals surface area contributed by atoms with Crippen LogP contribution < -0.4 is 15.5 Å². The van der Waals surface area contributed by atoms with E-state index < -0.39 is 6.03 Å². The van der Waals surface area contributed by atoms with Crippen LogP contribution >= 0.6 is 22.7 Å². The number of thiazole rings is 1. The number of carbonyl (C=O) groups is 1. The Hall–Kier alpha value is -3.69. The Labute approximate surface area is 210 Å². The summed E-state index contributed by atoms with van der Waals surface area (Å²) in [6, 6.07) is 9.98. The summed E-state index contributed by atoms with van der Waals surface area (Å²) in [5.41, 5.74) is 9.06. The van der Waals surface area contributed by atoms with E-state index in [-0.39, 0.29) is 6.04 Å². The van der Waals surface area contributed by atoms with E-state index in [1.165, 1.54) is 22.7 Å². The SMILES string of the molecule is CCc1nc2sc(N3CC(N(C)C(N)=O)C3)nn2c1N(C)c1nc(-c2ccc(C)cc2)c(C#N)s1. The number of nitrogens with zero attached hydrogens (tertiary/aromatic N) is 8. The second kappa shape index (κ2) is 8.83. The molecule has 0 bridgehead atoms. The summed E-state index contributed by atoms with van der Waals surface area (Å²) in [6.07, 6.45) is 0.738. The molecule has 0 saturated carbocycles. The Morgan fingerprint density at radius 3 is 2.57 bits per heavy atom. The van der Waals surface area contributed by atoms with Crippen LogP contribution in [0.3, 0.4) is 0 Å². The van der Waals surface area contributed by atoms with Crippen LogP contribution in [-0.2, 0) is 6.42 Å². The molecule has 1 fully saturated rings.